The topological polar surface area (TPSA) is 58.6 Å². The molecule has 2 N–H and O–H groups in total. The first-order valence-electron chi connectivity index (χ1n) is 6.65. The van der Waals surface area contributed by atoms with E-state index in [0.717, 1.165) is 10.0 Å². The molecule has 1 amide bonds. The summed E-state index contributed by atoms with van der Waals surface area (Å²) in [5.74, 6) is 0.0121. The Labute approximate surface area is 128 Å². The van der Waals surface area contributed by atoms with Gasteiger partial charge in [0.15, 0.2) is 0 Å². The Balaban J connectivity index is 2.42. The van der Waals surface area contributed by atoms with Crippen LogP contribution >= 0.6 is 15.9 Å². The van der Waals surface area contributed by atoms with E-state index in [9.17, 15) is 9.90 Å². The van der Waals surface area contributed by atoms with Crippen LogP contribution < -0.4 is 5.32 Å². The summed E-state index contributed by atoms with van der Waals surface area (Å²) in [7, 11) is 0. The number of ether oxygens (including phenoxy) is 1. The molecule has 0 heterocycles. The van der Waals surface area contributed by atoms with Crippen LogP contribution in [0.4, 0.5) is 4.79 Å². The minimum absolute atomic E-state index is 0.0121. The number of benzene rings is 1. The molecular weight excluding hydrogens is 322 g/mol. The predicted molar refractivity (Wildman–Crippen MR) is 82.8 cm³/mol. The van der Waals surface area contributed by atoms with Gasteiger partial charge in [-0.3, -0.25) is 0 Å². The second-order valence-corrected chi connectivity index (χ2v) is 6.56. The van der Waals surface area contributed by atoms with Gasteiger partial charge in [0.25, 0.3) is 0 Å². The summed E-state index contributed by atoms with van der Waals surface area (Å²) in [6, 6.07) is 7.83. The lowest BCUT2D eigenvalue weighted by Crippen LogP contribution is -2.33. The Hall–Kier alpha value is -1.07. The van der Waals surface area contributed by atoms with Gasteiger partial charge in [0, 0.05) is 23.5 Å². The number of carbonyl (C=O) groups excluding carboxylic acids is 1. The molecule has 0 radical (unpaired) electrons. The van der Waals surface area contributed by atoms with Gasteiger partial charge in [-0.15, -0.1) is 0 Å². The van der Waals surface area contributed by atoms with Crippen LogP contribution in [0, 0.1) is 0 Å². The number of carbonyl (C=O) groups is 1. The molecule has 0 saturated carbocycles. The molecule has 0 spiro atoms. The quantitative estimate of drug-likeness (QED) is 0.860. The molecule has 5 heteroatoms. The number of halogens is 1. The van der Waals surface area contributed by atoms with Crippen LogP contribution in [0.3, 0.4) is 0 Å². The minimum atomic E-state index is -0.494. The van der Waals surface area contributed by atoms with Crippen molar-refractivity contribution in [2.45, 2.75) is 38.7 Å². The van der Waals surface area contributed by atoms with Gasteiger partial charge < -0.3 is 15.2 Å². The monoisotopic (exact) mass is 343 g/mol. The number of hydrogen-bond acceptors (Lipinski definition) is 3. The molecule has 1 atom stereocenters. The number of rotatable bonds is 5. The number of aliphatic hydroxyl groups is 1. The van der Waals surface area contributed by atoms with Crippen molar-refractivity contribution >= 4 is 22.0 Å². The van der Waals surface area contributed by atoms with Crippen molar-refractivity contribution in [2.24, 2.45) is 0 Å². The summed E-state index contributed by atoms with van der Waals surface area (Å²) < 4.78 is 6.16. The highest BCUT2D eigenvalue weighted by Crippen LogP contribution is 2.21. The Morgan fingerprint density at radius 1 is 1.35 bits per heavy atom. The first kappa shape index (κ1) is 17.0. The molecular formula is C15H22BrNO3. The molecule has 0 fully saturated rings. The zero-order valence-corrected chi connectivity index (χ0v) is 13.7. The fourth-order valence-corrected chi connectivity index (χ4v) is 2.03. The third-order valence-corrected chi connectivity index (χ3v) is 3.25. The molecule has 4 nitrogen and oxygen atoms in total. The summed E-state index contributed by atoms with van der Waals surface area (Å²) in [6.45, 7) is 5.99. The van der Waals surface area contributed by atoms with Crippen molar-refractivity contribution in [3.05, 3.63) is 34.3 Å². The van der Waals surface area contributed by atoms with Gasteiger partial charge in [-0.1, -0.05) is 28.1 Å². The lowest BCUT2D eigenvalue weighted by Gasteiger charge is -2.20. The third kappa shape index (κ3) is 6.39. The maximum absolute atomic E-state index is 11.5. The first-order valence-corrected chi connectivity index (χ1v) is 7.44. The Bertz CT molecular complexity index is 426. The van der Waals surface area contributed by atoms with E-state index < -0.39 is 11.7 Å². The standard InChI is InChI=1S/C15H22BrNO3/c1-15(2,3)20-14(19)17-9-8-12(10-18)11-4-6-13(16)7-5-11/h4-7,12,18H,8-10H2,1-3H3,(H,17,19). The Morgan fingerprint density at radius 3 is 2.45 bits per heavy atom. The van der Waals surface area contributed by atoms with E-state index in [4.69, 9.17) is 4.74 Å². The normalized spacial score (nSPS) is 12.8. The second kappa shape index (κ2) is 7.64. The predicted octanol–water partition coefficient (Wildman–Crippen LogP) is 3.44. The van der Waals surface area contributed by atoms with Crippen LogP contribution in [0.2, 0.25) is 0 Å². The van der Waals surface area contributed by atoms with E-state index in [0.29, 0.717) is 13.0 Å². The van der Waals surface area contributed by atoms with E-state index in [2.05, 4.69) is 21.2 Å². The van der Waals surface area contributed by atoms with Crippen LogP contribution in [0.1, 0.15) is 38.7 Å². The van der Waals surface area contributed by atoms with Crippen molar-refractivity contribution in [3.63, 3.8) is 0 Å². The van der Waals surface area contributed by atoms with Crippen LogP contribution in [0.15, 0.2) is 28.7 Å². The summed E-state index contributed by atoms with van der Waals surface area (Å²) in [5, 5.41) is 12.1. The zero-order valence-electron chi connectivity index (χ0n) is 12.1. The maximum atomic E-state index is 11.5. The van der Waals surface area contributed by atoms with E-state index in [1.54, 1.807) is 0 Å². The zero-order chi connectivity index (χ0) is 15.2. The molecule has 0 bridgehead atoms. The lowest BCUT2D eigenvalue weighted by molar-refractivity contribution is 0.0525. The third-order valence-electron chi connectivity index (χ3n) is 2.72. The van der Waals surface area contributed by atoms with Gasteiger partial charge in [0.2, 0.25) is 0 Å². The molecule has 0 saturated heterocycles. The highest BCUT2D eigenvalue weighted by molar-refractivity contribution is 9.10. The number of aliphatic hydroxyl groups excluding tert-OH is 1. The van der Waals surface area contributed by atoms with Gasteiger partial charge in [0.05, 0.1) is 0 Å². The van der Waals surface area contributed by atoms with Crippen molar-refractivity contribution in [1.29, 1.82) is 0 Å². The maximum Gasteiger partial charge on any atom is 0.407 e. The molecule has 1 rings (SSSR count). The van der Waals surface area contributed by atoms with Crippen molar-refractivity contribution in [3.8, 4) is 0 Å². The molecule has 1 aromatic rings. The second-order valence-electron chi connectivity index (χ2n) is 5.65. The van der Waals surface area contributed by atoms with Gasteiger partial charge in [-0.25, -0.2) is 4.79 Å². The molecule has 0 aromatic heterocycles. The highest BCUT2D eigenvalue weighted by Gasteiger charge is 2.16. The van der Waals surface area contributed by atoms with Crippen LogP contribution in [0.5, 0.6) is 0 Å². The number of alkyl carbamates (subject to hydrolysis) is 1. The fourth-order valence-electron chi connectivity index (χ4n) is 1.76. The number of hydrogen-bond donors (Lipinski definition) is 2. The number of amides is 1. The van der Waals surface area contributed by atoms with E-state index >= 15 is 0 Å². The highest BCUT2D eigenvalue weighted by atomic mass is 79.9. The fraction of sp³-hybridized carbons (Fsp3) is 0.533. The smallest absolute Gasteiger partial charge is 0.407 e. The van der Waals surface area contributed by atoms with Crippen molar-refractivity contribution in [2.75, 3.05) is 13.2 Å². The summed E-state index contributed by atoms with van der Waals surface area (Å²) in [6.07, 6.45) is 0.238. The molecule has 1 unspecified atom stereocenters. The summed E-state index contributed by atoms with van der Waals surface area (Å²) in [4.78, 5) is 11.5. The van der Waals surface area contributed by atoms with Crippen molar-refractivity contribution in [1.82, 2.24) is 5.32 Å². The Morgan fingerprint density at radius 2 is 1.95 bits per heavy atom. The first-order chi connectivity index (χ1) is 9.31. The molecule has 112 valence electrons. The summed E-state index contributed by atoms with van der Waals surface area (Å²) in [5.41, 5.74) is 0.563. The van der Waals surface area contributed by atoms with Gasteiger partial charge in [-0.05, 0) is 44.9 Å². The Kier molecular flexibility index (Phi) is 6.49. The number of nitrogens with one attached hydrogen (secondary N) is 1. The van der Waals surface area contributed by atoms with E-state index in [1.165, 1.54) is 0 Å². The molecule has 0 aliphatic carbocycles. The molecule has 1 aromatic carbocycles. The largest absolute Gasteiger partial charge is 0.444 e. The molecule has 20 heavy (non-hydrogen) atoms. The van der Waals surface area contributed by atoms with Crippen LogP contribution in [-0.2, 0) is 4.74 Å². The van der Waals surface area contributed by atoms with Crippen LogP contribution in [-0.4, -0.2) is 30.0 Å². The average Bonchev–Trinajstić information content (AvgIpc) is 2.34. The lowest BCUT2D eigenvalue weighted by atomic mass is 9.97. The van der Waals surface area contributed by atoms with Gasteiger partial charge in [-0.2, -0.15) is 0 Å². The SMILES string of the molecule is CC(C)(C)OC(=O)NCCC(CO)c1ccc(Br)cc1. The van der Waals surface area contributed by atoms with Crippen molar-refractivity contribution < 1.29 is 14.6 Å². The van der Waals surface area contributed by atoms with Gasteiger partial charge >= 0.3 is 6.09 Å². The molecule has 0 aliphatic rings. The van der Waals surface area contributed by atoms with Crippen LogP contribution in [0.25, 0.3) is 0 Å². The summed E-state index contributed by atoms with van der Waals surface area (Å²) >= 11 is 3.38. The minimum Gasteiger partial charge on any atom is -0.444 e. The molecule has 0 aliphatic heterocycles. The van der Waals surface area contributed by atoms with Gasteiger partial charge in [0.1, 0.15) is 5.60 Å². The average molecular weight is 344 g/mol. The van der Waals surface area contributed by atoms with E-state index in [1.807, 2.05) is 45.0 Å². The van der Waals surface area contributed by atoms with E-state index in [-0.39, 0.29) is 12.5 Å².